The Balaban J connectivity index is 1.49. The lowest BCUT2D eigenvalue weighted by Crippen LogP contribution is -3.27. The maximum absolute atomic E-state index is 4.44. The van der Waals surface area contributed by atoms with Gasteiger partial charge in [-0.1, -0.05) is 35.9 Å². The molecule has 0 radical (unpaired) electrons. The fraction of sp³-hybridized carbons (Fsp3) is 0.389. The van der Waals surface area contributed by atoms with Crippen molar-refractivity contribution >= 4 is 0 Å². The molecule has 0 bridgehead atoms. The molecule has 1 aromatic heterocycles. The van der Waals surface area contributed by atoms with E-state index in [4.69, 9.17) is 0 Å². The third kappa shape index (κ3) is 4.13. The second-order valence-corrected chi connectivity index (χ2v) is 6.16. The molecule has 2 N–H and O–H groups in total. The Morgan fingerprint density at radius 1 is 0.905 bits per heavy atom. The van der Waals surface area contributed by atoms with Gasteiger partial charge < -0.3 is 9.80 Å². The van der Waals surface area contributed by atoms with E-state index < -0.39 is 0 Å². The summed E-state index contributed by atoms with van der Waals surface area (Å²) in [6, 6.07) is 15.1. The van der Waals surface area contributed by atoms with Gasteiger partial charge in [0.1, 0.15) is 39.3 Å². The van der Waals surface area contributed by atoms with Gasteiger partial charge in [0.05, 0.1) is 5.69 Å². The second kappa shape index (κ2) is 6.83. The minimum Gasteiger partial charge on any atom is -0.322 e. The number of aryl methyl sites for hydroxylation is 1. The van der Waals surface area contributed by atoms with Crippen LogP contribution >= 0.6 is 0 Å². The van der Waals surface area contributed by atoms with Crippen LogP contribution in [0.25, 0.3) is 0 Å². The van der Waals surface area contributed by atoms with Gasteiger partial charge in [-0.3, -0.25) is 4.98 Å². The summed E-state index contributed by atoms with van der Waals surface area (Å²) in [6.07, 6.45) is 1.90. The highest BCUT2D eigenvalue weighted by atomic mass is 15.3. The molecule has 0 atom stereocenters. The highest BCUT2D eigenvalue weighted by molar-refractivity contribution is 5.21. The third-order valence-corrected chi connectivity index (χ3v) is 4.36. The van der Waals surface area contributed by atoms with Crippen molar-refractivity contribution in [3.8, 4) is 0 Å². The van der Waals surface area contributed by atoms with Crippen LogP contribution in [0, 0.1) is 6.92 Å². The number of piperazine rings is 1. The number of aromatic nitrogens is 1. The fourth-order valence-corrected chi connectivity index (χ4v) is 3.18. The largest absolute Gasteiger partial charge is 0.322 e. The van der Waals surface area contributed by atoms with Crippen LogP contribution in [0.1, 0.15) is 16.8 Å². The average molecular weight is 283 g/mol. The Morgan fingerprint density at radius 2 is 1.67 bits per heavy atom. The molecule has 0 saturated carbocycles. The van der Waals surface area contributed by atoms with Gasteiger partial charge in [-0.25, -0.2) is 0 Å². The predicted octanol–water partition coefficient (Wildman–Crippen LogP) is -0.126. The van der Waals surface area contributed by atoms with E-state index in [9.17, 15) is 0 Å². The van der Waals surface area contributed by atoms with E-state index in [1.54, 1.807) is 9.80 Å². The van der Waals surface area contributed by atoms with Crippen LogP contribution in [0.15, 0.2) is 48.7 Å². The van der Waals surface area contributed by atoms with Crippen molar-refractivity contribution in [1.82, 2.24) is 4.98 Å². The number of hydrogen-bond acceptors (Lipinski definition) is 1. The predicted molar refractivity (Wildman–Crippen MR) is 84.2 cm³/mol. The first-order valence-electron chi connectivity index (χ1n) is 7.92. The maximum Gasteiger partial charge on any atom is 0.127 e. The Morgan fingerprint density at radius 3 is 2.33 bits per heavy atom. The summed E-state index contributed by atoms with van der Waals surface area (Å²) < 4.78 is 0. The number of benzene rings is 1. The molecule has 1 aromatic carbocycles. The van der Waals surface area contributed by atoms with Crippen molar-refractivity contribution in [3.63, 3.8) is 0 Å². The van der Waals surface area contributed by atoms with E-state index >= 15 is 0 Å². The van der Waals surface area contributed by atoms with Gasteiger partial charge in [0, 0.05) is 11.8 Å². The summed E-state index contributed by atoms with van der Waals surface area (Å²) in [7, 11) is 0. The van der Waals surface area contributed by atoms with E-state index in [1.165, 1.54) is 49.5 Å². The van der Waals surface area contributed by atoms with Crippen molar-refractivity contribution in [2.45, 2.75) is 20.0 Å². The molecule has 3 heteroatoms. The summed E-state index contributed by atoms with van der Waals surface area (Å²) >= 11 is 0. The van der Waals surface area contributed by atoms with Crippen molar-refractivity contribution in [1.29, 1.82) is 0 Å². The Labute approximate surface area is 127 Å². The SMILES string of the molecule is Cc1cccc(C[NH+]2CC[NH+](Cc3ccccn3)CC2)c1. The van der Waals surface area contributed by atoms with Crippen LogP contribution in [0.2, 0.25) is 0 Å². The fourth-order valence-electron chi connectivity index (χ4n) is 3.18. The Kier molecular flexibility index (Phi) is 4.63. The molecule has 1 fully saturated rings. The first kappa shape index (κ1) is 14.2. The second-order valence-electron chi connectivity index (χ2n) is 6.16. The van der Waals surface area contributed by atoms with E-state index in [0.29, 0.717) is 0 Å². The molecule has 0 aliphatic carbocycles. The van der Waals surface area contributed by atoms with Crippen LogP contribution in [0.5, 0.6) is 0 Å². The number of nitrogens with zero attached hydrogens (tertiary/aromatic N) is 1. The van der Waals surface area contributed by atoms with Crippen LogP contribution in [-0.4, -0.2) is 31.2 Å². The van der Waals surface area contributed by atoms with Gasteiger partial charge in [0.15, 0.2) is 0 Å². The van der Waals surface area contributed by atoms with Gasteiger partial charge in [-0.15, -0.1) is 0 Å². The van der Waals surface area contributed by atoms with Gasteiger partial charge in [0.2, 0.25) is 0 Å². The number of quaternary nitrogens is 2. The maximum atomic E-state index is 4.44. The minimum atomic E-state index is 1.07. The summed E-state index contributed by atoms with van der Waals surface area (Å²) in [5.41, 5.74) is 4.05. The number of pyridine rings is 1. The zero-order valence-corrected chi connectivity index (χ0v) is 12.8. The molecule has 21 heavy (non-hydrogen) atoms. The van der Waals surface area contributed by atoms with Crippen LogP contribution in [-0.2, 0) is 13.1 Å². The van der Waals surface area contributed by atoms with Crippen LogP contribution in [0.3, 0.4) is 0 Å². The molecule has 1 aliphatic rings. The molecule has 0 spiro atoms. The van der Waals surface area contributed by atoms with Crippen molar-refractivity contribution in [2.75, 3.05) is 26.2 Å². The monoisotopic (exact) mass is 283 g/mol. The van der Waals surface area contributed by atoms with E-state index in [1.807, 2.05) is 12.3 Å². The molecule has 2 aromatic rings. The molecule has 2 heterocycles. The molecular weight excluding hydrogens is 258 g/mol. The number of rotatable bonds is 4. The quantitative estimate of drug-likeness (QED) is 0.802. The first-order valence-corrected chi connectivity index (χ1v) is 7.92. The average Bonchev–Trinajstić information content (AvgIpc) is 2.50. The lowest BCUT2D eigenvalue weighted by atomic mass is 10.1. The van der Waals surface area contributed by atoms with Crippen LogP contribution in [0.4, 0.5) is 0 Å². The zero-order chi connectivity index (χ0) is 14.5. The molecule has 3 rings (SSSR count). The van der Waals surface area contributed by atoms with Crippen LogP contribution < -0.4 is 9.80 Å². The molecule has 1 saturated heterocycles. The van der Waals surface area contributed by atoms with Crippen molar-refractivity contribution < 1.29 is 9.80 Å². The normalized spacial score (nSPS) is 22.1. The third-order valence-electron chi connectivity index (χ3n) is 4.36. The lowest BCUT2D eigenvalue weighted by molar-refractivity contribution is -1.02. The molecule has 110 valence electrons. The topological polar surface area (TPSA) is 21.8 Å². The summed E-state index contributed by atoms with van der Waals surface area (Å²) in [5, 5.41) is 0. The number of nitrogens with one attached hydrogen (secondary N) is 2. The van der Waals surface area contributed by atoms with Gasteiger partial charge in [0.25, 0.3) is 0 Å². The molecule has 0 amide bonds. The van der Waals surface area contributed by atoms with Gasteiger partial charge in [-0.05, 0) is 19.1 Å². The standard InChI is InChI=1S/C18H23N3/c1-16-5-4-6-17(13-16)14-20-9-11-21(12-10-20)15-18-7-2-3-8-19-18/h2-8,13H,9-12,14-15H2,1H3/p+2. The zero-order valence-electron chi connectivity index (χ0n) is 12.8. The van der Waals surface area contributed by atoms with E-state index in [0.717, 1.165) is 6.54 Å². The van der Waals surface area contributed by atoms with Gasteiger partial charge >= 0.3 is 0 Å². The minimum absolute atomic E-state index is 1.07. The Bertz CT molecular complexity index is 560. The summed E-state index contributed by atoms with van der Waals surface area (Å²) in [5.74, 6) is 0. The lowest BCUT2D eigenvalue weighted by Gasteiger charge is -2.29. The number of hydrogen-bond donors (Lipinski definition) is 2. The molecule has 3 nitrogen and oxygen atoms in total. The first-order chi connectivity index (χ1) is 10.3. The van der Waals surface area contributed by atoms with E-state index in [2.05, 4.69) is 48.3 Å². The smallest absolute Gasteiger partial charge is 0.127 e. The Hall–Kier alpha value is -1.71. The molecule has 0 unspecified atom stereocenters. The molecule has 1 aliphatic heterocycles. The summed E-state index contributed by atoms with van der Waals surface area (Å²) in [4.78, 5) is 7.82. The van der Waals surface area contributed by atoms with Crippen molar-refractivity contribution in [2.24, 2.45) is 0 Å². The van der Waals surface area contributed by atoms with Crippen molar-refractivity contribution in [3.05, 3.63) is 65.5 Å². The highest BCUT2D eigenvalue weighted by Gasteiger charge is 2.23. The summed E-state index contributed by atoms with van der Waals surface area (Å²) in [6.45, 7) is 9.42. The van der Waals surface area contributed by atoms with Gasteiger partial charge in [-0.2, -0.15) is 0 Å². The van der Waals surface area contributed by atoms with E-state index in [-0.39, 0.29) is 0 Å². The highest BCUT2D eigenvalue weighted by Crippen LogP contribution is 2.01. The molecular formula is C18H25N3+2.